The van der Waals surface area contributed by atoms with Crippen LogP contribution >= 0.6 is 0 Å². The van der Waals surface area contributed by atoms with Crippen molar-refractivity contribution in [3.05, 3.63) is 0 Å². The lowest BCUT2D eigenvalue weighted by atomic mass is 10.1. The van der Waals surface area contributed by atoms with E-state index in [0.717, 1.165) is 0 Å². The molecule has 3 unspecified atom stereocenters. The number of hydrogen-bond donors (Lipinski definition) is 1. The van der Waals surface area contributed by atoms with Gasteiger partial charge >= 0.3 is 0 Å². The molecule has 0 aromatic heterocycles. The first-order valence-corrected chi connectivity index (χ1v) is 4.43. The summed E-state index contributed by atoms with van der Waals surface area (Å²) in [5.74, 6) is -0.716. The van der Waals surface area contributed by atoms with Gasteiger partial charge in [-0.15, -0.1) is 0 Å². The summed E-state index contributed by atoms with van der Waals surface area (Å²) in [6.45, 7) is 5.44. The molecule has 0 aromatic carbocycles. The van der Waals surface area contributed by atoms with Crippen LogP contribution in [0.5, 0.6) is 0 Å². The van der Waals surface area contributed by atoms with Crippen LogP contribution in [0.15, 0.2) is 0 Å². The highest BCUT2D eigenvalue weighted by atomic mass is 16.7. The van der Waals surface area contributed by atoms with E-state index in [0.29, 0.717) is 12.7 Å². The molecule has 0 radical (unpaired) electrons. The molecule has 0 saturated carbocycles. The molecule has 13 heavy (non-hydrogen) atoms. The van der Waals surface area contributed by atoms with Crippen molar-refractivity contribution in [1.82, 2.24) is 0 Å². The Balaban J connectivity index is 2.62. The van der Waals surface area contributed by atoms with Crippen LogP contribution in [0.25, 0.3) is 0 Å². The number of aliphatic hydroxyl groups excluding tert-OH is 1. The number of aliphatic hydroxyl groups is 1. The number of ether oxygens (including phenoxy) is 2. The standard InChI is InChI=1S/C9H16O4/c1-6-4-8(7(11)5-10)13-9(2,3)12-6/h5-8,11H,4H2,1-3H3. The second-order valence-electron chi connectivity index (χ2n) is 3.85. The number of hydrogen-bond acceptors (Lipinski definition) is 4. The lowest BCUT2D eigenvalue weighted by Gasteiger charge is -2.40. The Kier molecular flexibility index (Phi) is 3.05. The van der Waals surface area contributed by atoms with Crippen molar-refractivity contribution in [2.45, 2.75) is 51.3 Å². The minimum Gasteiger partial charge on any atom is -0.383 e. The van der Waals surface area contributed by atoms with Crippen molar-refractivity contribution < 1.29 is 19.4 Å². The molecule has 1 aliphatic rings. The van der Waals surface area contributed by atoms with Gasteiger partial charge in [-0.05, 0) is 20.8 Å². The summed E-state index contributed by atoms with van der Waals surface area (Å²) in [6, 6.07) is 0. The van der Waals surface area contributed by atoms with Gasteiger partial charge in [0.2, 0.25) is 0 Å². The fourth-order valence-electron chi connectivity index (χ4n) is 1.60. The average Bonchev–Trinajstić information content (AvgIpc) is 1.99. The highest BCUT2D eigenvalue weighted by Gasteiger charge is 2.36. The minimum atomic E-state index is -1.05. The molecule has 0 aliphatic carbocycles. The molecule has 1 rings (SSSR count). The average molecular weight is 188 g/mol. The van der Waals surface area contributed by atoms with Gasteiger partial charge in [0, 0.05) is 6.42 Å². The number of rotatable bonds is 2. The Hall–Kier alpha value is -0.450. The van der Waals surface area contributed by atoms with Gasteiger partial charge in [-0.2, -0.15) is 0 Å². The molecule has 0 aromatic rings. The summed E-state index contributed by atoms with van der Waals surface area (Å²) in [4.78, 5) is 10.4. The second kappa shape index (κ2) is 3.74. The van der Waals surface area contributed by atoms with E-state index in [1.807, 2.05) is 6.92 Å². The third kappa shape index (κ3) is 2.76. The molecule has 1 fully saturated rings. The van der Waals surface area contributed by atoms with Crippen LogP contribution in [-0.2, 0) is 14.3 Å². The molecule has 3 atom stereocenters. The van der Waals surface area contributed by atoms with E-state index in [4.69, 9.17) is 9.47 Å². The predicted molar refractivity (Wildman–Crippen MR) is 46.2 cm³/mol. The highest BCUT2D eigenvalue weighted by molar-refractivity contribution is 5.56. The topological polar surface area (TPSA) is 55.8 Å². The maximum atomic E-state index is 10.4. The van der Waals surface area contributed by atoms with Gasteiger partial charge in [-0.3, -0.25) is 0 Å². The largest absolute Gasteiger partial charge is 0.383 e. The van der Waals surface area contributed by atoms with Gasteiger partial charge < -0.3 is 19.4 Å². The van der Waals surface area contributed by atoms with Gasteiger partial charge in [0.15, 0.2) is 12.1 Å². The lowest BCUT2D eigenvalue weighted by molar-refractivity contribution is -0.305. The Labute approximate surface area is 77.8 Å². The van der Waals surface area contributed by atoms with E-state index in [1.54, 1.807) is 13.8 Å². The summed E-state index contributed by atoms with van der Waals surface area (Å²) in [5.41, 5.74) is 0. The van der Waals surface area contributed by atoms with Crippen molar-refractivity contribution >= 4 is 6.29 Å². The molecule has 4 nitrogen and oxygen atoms in total. The SMILES string of the molecule is CC1CC(C(O)C=O)OC(C)(C)O1. The van der Waals surface area contributed by atoms with E-state index < -0.39 is 18.0 Å². The summed E-state index contributed by atoms with van der Waals surface area (Å²) in [5, 5.41) is 9.28. The zero-order valence-corrected chi connectivity index (χ0v) is 8.19. The maximum Gasteiger partial charge on any atom is 0.163 e. The number of carbonyl (C=O) groups excluding carboxylic acids is 1. The molecule has 1 saturated heterocycles. The zero-order chi connectivity index (χ0) is 10.1. The van der Waals surface area contributed by atoms with E-state index in [2.05, 4.69) is 0 Å². The van der Waals surface area contributed by atoms with Gasteiger partial charge in [0.05, 0.1) is 12.2 Å². The fraction of sp³-hybridized carbons (Fsp3) is 0.889. The maximum absolute atomic E-state index is 10.4. The Morgan fingerprint density at radius 1 is 1.54 bits per heavy atom. The molecule has 1 N–H and O–H groups in total. The number of aldehydes is 1. The molecule has 0 bridgehead atoms. The second-order valence-corrected chi connectivity index (χ2v) is 3.85. The van der Waals surface area contributed by atoms with Crippen LogP contribution in [0.1, 0.15) is 27.2 Å². The van der Waals surface area contributed by atoms with Crippen molar-refractivity contribution in [3.8, 4) is 0 Å². The Morgan fingerprint density at radius 3 is 2.62 bits per heavy atom. The molecule has 0 spiro atoms. The highest BCUT2D eigenvalue weighted by Crippen LogP contribution is 2.27. The molecular formula is C9H16O4. The summed E-state index contributed by atoms with van der Waals surface area (Å²) >= 11 is 0. The Morgan fingerprint density at radius 2 is 2.15 bits per heavy atom. The minimum absolute atomic E-state index is 0.00310. The van der Waals surface area contributed by atoms with Crippen LogP contribution in [0.4, 0.5) is 0 Å². The Bertz CT molecular complexity index is 190. The van der Waals surface area contributed by atoms with Crippen molar-refractivity contribution in [3.63, 3.8) is 0 Å². The zero-order valence-electron chi connectivity index (χ0n) is 8.19. The van der Waals surface area contributed by atoms with Crippen molar-refractivity contribution in [2.24, 2.45) is 0 Å². The summed E-state index contributed by atoms with van der Waals surface area (Å²) in [7, 11) is 0. The van der Waals surface area contributed by atoms with Crippen LogP contribution in [0, 0.1) is 0 Å². The quantitative estimate of drug-likeness (QED) is 0.640. The lowest BCUT2D eigenvalue weighted by Crippen LogP contribution is -2.48. The molecule has 1 heterocycles. The normalized spacial score (nSPS) is 35.4. The fourth-order valence-corrected chi connectivity index (χ4v) is 1.60. The monoisotopic (exact) mass is 188 g/mol. The molecule has 4 heteroatoms. The first kappa shape index (κ1) is 10.6. The number of carbonyl (C=O) groups is 1. The van der Waals surface area contributed by atoms with Gasteiger partial charge in [0.25, 0.3) is 0 Å². The summed E-state index contributed by atoms with van der Waals surface area (Å²) < 4.78 is 10.8. The third-order valence-corrected chi connectivity index (χ3v) is 2.00. The predicted octanol–water partition coefficient (Wildman–Crippen LogP) is 0.476. The third-order valence-electron chi connectivity index (χ3n) is 2.00. The first-order valence-electron chi connectivity index (χ1n) is 4.43. The molecular weight excluding hydrogens is 172 g/mol. The van der Waals surface area contributed by atoms with Gasteiger partial charge in [-0.25, -0.2) is 0 Å². The summed E-state index contributed by atoms with van der Waals surface area (Å²) in [6.07, 6.45) is -0.451. The van der Waals surface area contributed by atoms with Crippen LogP contribution in [-0.4, -0.2) is 35.5 Å². The van der Waals surface area contributed by atoms with Crippen LogP contribution in [0.3, 0.4) is 0 Å². The molecule has 0 amide bonds. The van der Waals surface area contributed by atoms with E-state index in [1.165, 1.54) is 0 Å². The van der Waals surface area contributed by atoms with Crippen molar-refractivity contribution in [2.75, 3.05) is 0 Å². The van der Waals surface area contributed by atoms with E-state index in [9.17, 15) is 9.90 Å². The van der Waals surface area contributed by atoms with Crippen molar-refractivity contribution in [1.29, 1.82) is 0 Å². The van der Waals surface area contributed by atoms with Crippen LogP contribution in [0.2, 0.25) is 0 Å². The van der Waals surface area contributed by atoms with E-state index >= 15 is 0 Å². The first-order chi connectivity index (χ1) is 5.94. The smallest absolute Gasteiger partial charge is 0.163 e. The van der Waals surface area contributed by atoms with Gasteiger partial charge in [-0.1, -0.05) is 0 Å². The van der Waals surface area contributed by atoms with Gasteiger partial charge in [0.1, 0.15) is 6.10 Å². The molecule has 76 valence electrons. The van der Waals surface area contributed by atoms with Crippen LogP contribution < -0.4 is 0 Å². The molecule has 1 aliphatic heterocycles. The van der Waals surface area contributed by atoms with E-state index in [-0.39, 0.29) is 6.10 Å².